The predicted octanol–water partition coefficient (Wildman–Crippen LogP) is 3.67. The fourth-order valence-electron chi connectivity index (χ4n) is 3.14. The van der Waals surface area contributed by atoms with Crippen LogP contribution in [0.1, 0.15) is 19.8 Å². The highest BCUT2D eigenvalue weighted by molar-refractivity contribution is 6.30. The van der Waals surface area contributed by atoms with Crippen molar-refractivity contribution in [3.63, 3.8) is 0 Å². The Bertz CT molecular complexity index is 821. The molecular formula is C21H24ClN3O3. The summed E-state index contributed by atoms with van der Waals surface area (Å²) in [4.78, 5) is 25.5. The van der Waals surface area contributed by atoms with Gasteiger partial charge in [0, 0.05) is 31.1 Å². The fraction of sp³-hybridized carbons (Fsp3) is 0.333. The molecule has 7 heteroatoms. The van der Waals surface area contributed by atoms with Crippen molar-refractivity contribution in [2.75, 3.05) is 25.0 Å². The molecule has 2 N–H and O–H groups in total. The highest BCUT2D eigenvalue weighted by Gasteiger charge is 2.21. The summed E-state index contributed by atoms with van der Waals surface area (Å²) < 4.78 is 5.89. The van der Waals surface area contributed by atoms with Gasteiger partial charge in [0.25, 0.3) is 0 Å². The molecule has 1 aliphatic rings. The minimum Gasteiger partial charge on any atom is -0.455 e. The summed E-state index contributed by atoms with van der Waals surface area (Å²) in [5.74, 6) is 1.28. The van der Waals surface area contributed by atoms with Crippen LogP contribution in [0.4, 0.5) is 5.69 Å². The Labute approximate surface area is 169 Å². The Morgan fingerprint density at radius 2 is 1.86 bits per heavy atom. The summed E-state index contributed by atoms with van der Waals surface area (Å²) in [6, 6.07) is 14.8. The molecule has 0 radical (unpaired) electrons. The molecule has 28 heavy (non-hydrogen) atoms. The average molecular weight is 402 g/mol. The van der Waals surface area contributed by atoms with Gasteiger partial charge in [0.2, 0.25) is 11.8 Å². The van der Waals surface area contributed by atoms with Gasteiger partial charge in [-0.2, -0.15) is 0 Å². The lowest BCUT2D eigenvalue weighted by atomic mass is 10.1. The number of amides is 2. The highest BCUT2D eigenvalue weighted by Crippen LogP contribution is 2.31. The first-order valence-electron chi connectivity index (χ1n) is 9.32. The Morgan fingerprint density at radius 3 is 2.54 bits per heavy atom. The van der Waals surface area contributed by atoms with Crippen molar-refractivity contribution in [1.82, 2.24) is 10.2 Å². The molecule has 0 aliphatic carbocycles. The summed E-state index contributed by atoms with van der Waals surface area (Å²) in [7, 11) is 0. The van der Waals surface area contributed by atoms with Crippen LogP contribution in [0, 0.1) is 0 Å². The second-order valence-corrected chi connectivity index (χ2v) is 7.19. The third-order valence-electron chi connectivity index (χ3n) is 4.66. The van der Waals surface area contributed by atoms with E-state index in [0.29, 0.717) is 35.3 Å². The molecule has 6 nitrogen and oxygen atoms in total. The maximum atomic E-state index is 12.3. The second-order valence-electron chi connectivity index (χ2n) is 6.76. The van der Waals surface area contributed by atoms with E-state index in [4.69, 9.17) is 16.3 Å². The summed E-state index contributed by atoms with van der Waals surface area (Å²) in [5.41, 5.74) is 0.651. The van der Waals surface area contributed by atoms with Crippen LogP contribution in [0.2, 0.25) is 5.02 Å². The van der Waals surface area contributed by atoms with Crippen molar-refractivity contribution in [2.24, 2.45) is 0 Å². The van der Waals surface area contributed by atoms with Crippen LogP contribution in [0.25, 0.3) is 0 Å². The van der Waals surface area contributed by atoms with Crippen molar-refractivity contribution in [2.45, 2.75) is 25.8 Å². The topological polar surface area (TPSA) is 70.7 Å². The van der Waals surface area contributed by atoms with E-state index >= 15 is 0 Å². The van der Waals surface area contributed by atoms with Crippen LogP contribution in [0.5, 0.6) is 11.5 Å². The molecule has 0 bridgehead atoms. The minimum absolute atomic E-state index is 0.0818. The van der Waals surface area contributed by atoms with Crippen molar-refractivity contribution in [3.05, 3.63) is 53.6 Å². The van der Waals surface area contributed by atoms with E-state index in [2.05, 4.69) is 10.6 Å². The summed E-state index contributed by atoms with van der Waals surface area (Å²) in [6.07, 6.45) is 1.54. The first kappa shape index (κ1) is 20.0. The first-order valence-corrected chi connectivity index (χ1v) is 9.70. The van der Waals surface area contributed by atoms with Crippen LogP contribution < -0.4 is 15.4 Å². The number of halogens is 1. The normalized spacial score (nSPS) is 14.4. The number of anilines is 1. The molecule has 3 rings (SSSR count). The number of hydrogen-bond donors (Lipinski definition) is 2. The standard InChI is InChI=1S/C21H24ClN3O3/c1-15(26)25-11-9-17(10-12-25)24-21(27)14-23-19-13-16(22)7-8-20(19)28-18-5-3-2-4-6-18/h2-8,13,17,23H,9-12,14H2,1H3,(H,24,27). The van der Waals surface area contributed by atoms with Gasteiger partial charge < -0.3 is 20.3 Å². The number of ether oxygens (including phenoxy) is 1. The number of likely N-dealkylation sites (tertiary alicyclic amines) is 1. The van der Waals surface area contributed by atoms with Gasteiger partial charge in [-0.05, 0) is 43.2 Å². The SMILES string of the molecule is CC(=O)N1CCC(NC(=O)CNc2cc(Cl)ccc2Oc2ccccc2)CC1. The monoisotopic (exact) mass is 401 g/mol. The lowest BCUT2D eigenvalue weighted by molar-refractivity contribution is -0.130. The molecule has 0 spiro atoms. The van der Waals surface area contributed by atoms with E-state index in [1.807, 2.05) is 30.3 Å². The van der Waals surface area contributed by atoms with E-state index in [1.165, 1.54) is 0 Å². The number of nitrogens with zero attached hydrogens (tertiary/aromatic N) is 1. The summed E-state index contributed by atoms with van der Waals surface area (Å²) in [6.45, 7) is 3.04. The Hall–Kier alpha value is -2.73. The van der Waals surface area contributed by atoms with Crippen molar-refractivity contribution >= 4 is 29.1 Å². The zero-order valence-electron chi connectivity index (χ0n) is 15.8. The van der Waals surface area contributed by atoms with Crippen LogP contribution in [0.15, 0.2) is 48.5 Å². The first-order chi connectivity index (χ1) is 13.5. The van der Waals surface area contributed by atoms with Crippen LogP contribution in [-0.4, -0.2) is 42.4 Å². The van der Waals surface area contributed by atoms with Gasteiger partial charge in [-0.25, -0.2) is 0 Å². The quantitative estimate of drug-likeness (QED) is 0.774. The van der Waals surface area contributed by atoms with Gasteiger partial charge in [-0.15, -0.1) is 0 Å². The van der Waals surface area contributed by atoms with Gasteiger partial charge >= 0.3 is 0 Å². The van der Waals surface area contributed by atoms with E-state index in [-0.39, 0.29) is 24.4 Å². The molecule has 1 heterocycles. The van der Waals surface area contributed by atoms with Gasteiger partial charge in [-0.3, -0.25) is 9.59 Å². The summed E-state index contributed by atoms with van der Waals surface area (Å²) in [5, 5.41) is 6.68. The average Bonchev–Trinajstić information content (AvgIpc) is 2.69. The zero-order chi connectivity index (χ0) is 19.9. The van der Waals surface area contributed by atoms with E-state index in [1.54, 1.807) is 30.0 Å². The third-order valence-corrected chi connectivity index (χ3v) is 4.89. The maximum Gasteiger partial charge on any atom is 0.239 e. The number of carbonyl (C=O) groups excluding carboxylic acids is 2. The molecule has 0 aromatic heterocycles. The number of piperidine rings is 1. The smallest absolute Gasteiger partial charge is 0.239 e. The molecule has 0 unspecified atom stereocenters. The number of benzene rings is 2. The largest absolute Gasteiger partial charge is 0.455 e. The van der Waals surface area contributed by atoms with Crippen LogP contribution >= 0.6 is 11.6 Å². The molecule has 0 saturated carbocycles. The van der Waals surface area contributed by atoms with Gasteiger partial charge in [0.1, 0.15) is 5.75 Å². The molecular weight excluding hydrogens is 378 g/mol. The lowest BCUT2D eigenvalue weighted by Gasteiger charge is -2.31. The molecule has 0 atom stereocenters. The van der Waals surface area contributed by atoms with Gasteiger partial charge in [0.15, 0.2) is 5.75 Å². The zero-order valence-corrected chi connectivity index (χ0v) is 16.5. The number of nitrogens with one attached hydrogen (secondary N) is 2. The molecule has 1 aliphatic heterocycles. The van der Waals surface area contributed by atoms with E-state index in [0.717, 1.165) is 12.8 Å². The second kappa shape index (κ2) is 9.46. The molecule has 2 aromatic rings. The van der Waals surface area contributed by atoms with Crippen LogP contribution in [0.3, 0.4) is 0 Å². The van der Waals surface area contributed by atoms with Crippen molar-refractivity contribution in [3.8, 4) is 11.5 Å². The number of carbonyl (C=O) groups is 2. The molecule has 2 amide bonds. The Balaban J connectivity index is 1.54. The number of para-hydroxylation sites is 1. The molecule has 2 aromatic carbocycles. The van der Waals surface area contributed by atoms with Crippen molar-refractivity contribution in [1.29, 1.82) is 0 Å². The molecule has 1 saturated heterocycles. The number of hydrogen-bond acceptors (Lipinski definition) is 4. The minimum atomic E-state index is -0.105. The summed E-state index contributed by atoms with van der Waals surface area (Å²) >= 11 is 6.10. The van der Waals surface area contributed by atoms with Crippen molar-refractivity contribution < 1.29 is 14.3 Å². The molecule has 1 fully saturated rings. The third kappa shape index (κ3) is 5.63. The highest BCUT2D eigenvalue weighted by atomic mass is 35.5. The fourth-order valence-corrected chi connectivity index (χ4v) is 3.31. The number of rotatable bonds is 6. The Morgan fingerprint density at radius 1 is 1.14 bits per heavy atom. The predicted molar refractivity (Wildman–Crippen MR) is 110 cm³/mol. The van der Waals surface area contributed by atoms with Crippen LogP contribution in [-0.2, 0) is 9.59 Å². The maximum absolute atomic E-state index is 12.3. The van der Waals surface area contributed by atoms with E-state index in [9.17, 15) is 9.59 Å². The lowest BCUT2D eigenvalue weighted by Crippen LogP contribution is -2.47. The van der Waals surface area contributed by atoms with Gasteiger partial charge in [-0.1, -0.05) is 29.8 Å². The Kier molecular flexibility index (Phi) is 6.76. The van der Waals surface area contributed by atoms with Gasteiger partial charge in [0.05, 0.1) is 12.2 Å². The van der Waals surface area contributed by atoms with E-state index < -0.39 is 0 Å². The molecule has 148 valence electrons.